The molecular formula is C17H23F3N2O. The Morgan fingerprint density at radius 1 is 1.17 bits per heavy atom. The summed E-state index contributed by atoms with van der Waals surface area (Å²) in [6.07, 6.45) is -4.34. The topological polar surface area (TPSA) is 23.6 Å². The first-order chi connectivity index (χ1) is 10.6. The van der Waals surface area contributed by atoms with Gasteiger partial charge in [-0.2, -0.15) is 13.2 Å². The molecule has 0 aromatic heterocycles. The van der Waals surface area contributed by atoms with Gasteiger partial charge in [-0.1, -0.05) is 26.0 Å². The maximum atomic E-state index is 13.2. The van der Waals surface area contributed by atoms with Crippen LogP contribution in [0.2, 0.25) is 0 Å². The lowest BCUT2D eigenvalue weighted by molar-refractivity contribution is -0.197. The molecule has 1 amide bonds. The lowest BCUT2D eigenvalue weighted by Crippen LogP contribution is -2.62. The Bertz CT molecular complexity index is 554. The molecule has 2 unspecified atom stereocenters. The Hall–Kier alpha value is -1.56. The van der Waals surface area contributed by atoms with Crippen molar-refractivity contribution >= 4 is 5.91 Å². The smallest absolute Gasteiger partial charge is 0.335 e. The predicted molar refractivity (Wildman–Crippen MR) is 83.5 cm³/mol. The summed E-state index contributed by atoms with van der Waals surface area (Å²) in [4.78, 5) is 15.2. The predicted octanol–water partition coefficient (Wildman–Crippen LogP) is 3.52. The van der Waals surface area contributed by atoms with Crippen molar-refractivity contribution in [2.24, 2.45) is 0 Å². The van der Waals surface area contributed by atoms with Crippen molar-refractivity contribution < 1.29 is 18.0 Å². The van der Waals surface area contributed by atoms with Crippen molar-refractivity contribution in [3.63, 3.8) is 0 Å². The Kier molecular flexibility index (Phi) is 5.04. The van der Waals surface area contributed by atoms with Crippen molar-refractivity contribution in [1.29, 1.82) is 0 Å². The lowest BCUT2D eigenvalue weighted by Gasteiger charge is -2.44. The Labute approximate surface area is 135 Å². The molecule has 0 aliphatic carbocycles. The van der Waals surface area contributed by atoms with E-state index in [2.05, 4.69) is 0 Å². The average Bonchev–Trinajstić information content (AvgIpc) is 2.48. The molecule has 1 fully saturated rings. The molecule has 0 N–H and O–H groups in total. The van der Waals surface area contributed by atoms with Crippen LogP contribution in [-0.4, -0.2) is 54.1 Å². The minimum Gasteiger partial charge on any atom is -0.335 e. The summed E-state index contributed by atoms with van der Waals surface area (Å²) < 4.78 is 39.5. The van der Waals surface area contributed by atoms with Crippen LogP contribution in [0.1, 0.15) is 42.6 Å². The number of nitrogens with zero attached hydrogens (tertiary/aromatic N) is 2. The molecule has 1 aliphatic rings. The first-order valence-electron chi connectivity index (χ1n) is 7.79. The van der Waals surface area contributed by atoms with Gasteiger partial charge in [0.25, 0.3) is 5.91 Å². The van der Waals surface area contributed by atoms with Crippen LogP contribution in [0.5, 0.6) is 0 Å². The molecule has 6 heteroatoms. The highest BCUT2D eigenvalue weighted by Gasteiger charge is 2.47. The number of carbonyl (C=O) groups is 1. The lowest BCUT2D eigenvalue weighted by atomic mass is 10.0. The number of likely N-dealkylation sites (N-methyl/N-ethyl adjacent to an activating group) is 1. The average molecular weight is 328 g/mol. The third kappa shape index (κ3) is 3.86. The molecule has 0 bridgehead atoms. The van der Waals surface area contributed by atoms with Gasteiger partial charge in [-0.3, -0.25) is 9.69 Å². The van der Waals surface area contributed by atoms with Crippen LogP contribution >= 0.6 is 0 Å². The molecule has 1 aliphatic heterocycles. The number of hydrogen-bond donors (Lipinski definition) is 0. The number of halogens is 3. The molecule has 1 heterocycles. The van der Waals surface area contributed by atoms with Gasteiger partial charge >= 0.3 is 6.18 Å². The fourth-order valence-corrected chi connectivity index (χ4v) is 2.86. The molecule has 1 saturated heterocycles. The summed E-state index contributed by atoms with van der Waals surface area (Å²) in [6, 6.07) is 5.16. The normalized spacial score (nSPS) is 23.4. The van der Waals surface area contributed by atoms with E-state index in [9.17, 15) is 18.0 Å². The minimum atomic E-state index is -4.34. The van der Waals surface area contributed by atoms with Gasteiger partial charge in [0.15, 0.2) is 0 Å². The van der Waals surface area contributed by atoms with Crippen LogP contribution in [0.25, 0.3) is 0 Å². The SMILES string of the molecule is CC(C)c1ccc(C(=O)N2CC(C)N(C)C(C(F)(F)F)C2)cc1. The molecule has 1 aromatic rings. The molecule has 0 saturated carbocycles. The highest BCUT2D eigenvalue weighted by Crippen LogP contribution is 2.29. The monoisotopic (exact) mass is 328 g/mol. The number of amides is 1. The summed E-state index contributed by atoms with van der Waals surface area (Å²) in [5.41, 5.74) is 1.54. The Balaban J connectivity index is 2.18. The van der Waals surface area contributed by atoms with Crippen LogP contribution in [0.15, 0.2) is 24.3 Å². The number of alkyl halides is 3. The van der Waals surface area contributed by atoms with Gasteiger partial charge in [-0.05, 0) is 37.6 Å². The van der Waals surface area contributed by atoms with E-state index in [-0.39, 0.29) is 18.5 Å². The van der Waals surface area contributed by atoms with Crippen LogP contribution in [0, 0.1) is 0 Å². The molecule has 0 radical (unpaired) electrons. The van der Waals surface area contributed by atoms with Gasteiger partial charge in [0.05, 0.1) is 0 Å². The van der Waals surface area contributed by atoms with Crippen LogP contribution in [0.4, 0.5) is 13.2 Å². The zero-order valence-electron chi connectivity index (χ0n) is 13.9. The molecular weight excluding hydrogens is 305 g/mol. The molecule has 23 heavy (non-hydrogen) atoms. The van der Waals surface area contributed by atoms with Gasteiger partial charge < -0.3 is 4.90 Å². The number of carbonyl (C=O) groups excluding carboxylic acids is 1. The number of hydrogen-bond acceptors (Lipinski definition) is 2. The Morgan fingerprint density at radius 3 is 2.22 bits per heavy atom. The number of benzene rings is 1. The second-order valence-electron chi connectivity index (χ2n) is 6.56. The van der Waals surface area contributed by atoms with Crippen molar-refractivity contribution in [2.75, 3.05) is 20.1 Å². The summed E-state index contributed by atoms with van der Waals surface area (Å²) in [6.45, 7) is 5.78. The molecule has 1 aromatic carbocycles. The van der Waals surface area contributed by atoms with E-state index in [0.29, 0.717) is 18.0 Å². The summed E-state index contributed by atoms with van der Waals surface area (Å²) in [5.74, 6) is 0.00641. The van der Waals surface area contributed by atoms with Crippen molar-refractivity contribution in [2.45, 2.75) is 44.9 Å². The van der Waals surface area contributed by atoms with Gasteiger partial charge in [-0.25, -0.2) is 0 Å². The van der Waals surface area contributed by atoms with E-state index in [1.165, 1.54) is 16.8 Å². The van der Waals surface area contributed by atoms with Gasteiger partial charge in [-0.15, -0.1) is 0 Å². The molecule has 128 valence electrons. The van der Waals surface area contributed by atoms with Crippen LogP contribution < -0.4 is 0 Å². The maximum absolute atomic E-state index is 13.2. The van der Waals surface area contributed by atoms with Crippen LogP contribution in [0.3, 0.4) is 0 Å². The number of rotatable bonds is 2. The minimum absolute atomic E-state index is 0.299. The third-order valence-corrected chi connectivity index (χ3v) is 4.55. The molecule has 0 spiro atoms. The molecule has 2 rings (SSSR count). The first kappa shape index (κ1) is 17.8. The van der Waals surface area contributed by atoms with E-state index in [1.807, 2.05) is 26.0 Å². The second-order valence-corrected chi connectivity index (χ2v) is 6.56. The van der Waals surface area contributed by atoms with E-state index in [4.69, 9.17) is 0 Å². The summed E-state index contributed by atoms with van der Waals surface area (Å²) in [5, 5.41) is 0. The zero-order valence-corrected chi connectivity index (χ0v) is 13.9. The van der Waals surface area contributed by atoms with Crippen LogP contribution in [-0.2, 0) is 0 Å². The van der Waals surface area contributed by atoms with E-state index >= 15 is 0 Å². The second kappa shape index (κ2) is 6.51. The summed E-state index contributed by atoms with van der Waals surface area (Å²) >= 11 is 0. The van der Waals surface area contributed by atoms with Gasteiger partial charge in [0.1, 0.15) is 6.04 Å². The van der Waals surface area contributed by atoms with Gasteiger partial charge in [0, 0.05) is 24.7 Å². The quantitative estimate of drug-likeness (QED) is 0.829. The Morgan fingerprint density at radius 2 is 1.74 bits per heavy atom. The standard InChI is InChI=1S/C17H23F3N2O/c1-11(2)13-5-7-14(8-6-13)16(23)22-9-12(3)21(4)15(10-22)17(18,19)20/h5-8,11-12,15H,9-10H2,1-4H3. The van der Waals surface area contributed by atoms with E-state index in [0.717, 1.165) is 5.56 Å². The largest absolute Gasteiger partial charge is 0.405 e. The fraction of sp³-hybridized carbons (Fsp3) is 0.588. The maximum Gasteiger partial charge on any atom is 0.405 e. The molecule has 2 atom stereocenters. The number of piperazine rings is 1. The van der Waals surface area contributed by atoms with Crippen molar-refractivity contribution in [3.8, 4) is 0 Å². The highest BCUT2D eigenvalue weighted by atomic mass is 19.4. The van der Waals surface area contributed by atoms with E-state index < -0.39 is 12.2 Å². The van der Waals surface area contributed by atoms with Crippen molar-refractivity contribution in [1.82, 2.24) is 9.80 Å². The van der Waals surface area contributed by atoms with Gasteiger partial charge in [0.2, 0.25) is 0 Å². The zero-order chi connectivity index (χ0) is 17.4. The third-order valence-electron chi connectivity index (χ3n) is 4.55. The highest BCUT2D eigenvalue weighted by molar-refractivity contribution is 5.94. The first-order valence-corrected chi connectivity index (χ1v) is 7.79. The van der Waals surface area contributed by atoms with Crippen molar-refractivity contribution in [3.05, 3.63) is 35.4 Å². The fourth-order valence-electron chi connectivity index (χ4n) is 2.86. The summed E-state index contributed by atoms with van der Waals surface area (Å²) in [7, 11) is 1.46. The van der Waals surface area contributed by atoms with E-state index in [1.54, 1.807) is 19.1 Å². The molecule has 3 nitrogen and oxygen atoms in total.